The third-order valence-corrected chi connectivity index (χ3v) is 6.72. The van der Waals surface area contributed by atoms with Gasteiger partial charge in [-0.2, -0.15) is 0 Å². The molecule has 2 unspecified atom stereocenters. The topological polar surface area (TPSA) is 59.8 Å². The largest absolute Gasteiger partial charge is 0.497 e. The summed E-state index contributed by atoms with van der Waals surface area (Å²) in [6.45, 7) is 0. The second-order valence-corrected chi connectivity index (χ2v) is 9.09. The Morgan fingerprint density at radius 2 is 1.86 bits per heavy atom. The summed E-state index contributed by atoms with van der Waals surface area (Å²) < 4.78 is 17.4. The number of methoxy groups -OCH3 is 2. The molecule has 2 aromatic carbocycles. The van der Waals surface area contributed by atoms with Crippen LogP contribution in [0.15, 0.2) is 77.3 Å². The van der Waals surface area contributed by atoms with Gasteiger partial charge in [-0.15, -0.1) is 0 Å². The van der Waals surface area contributed by atoms with Gasteiger partial charge in [0, 0.05) is 22.8 Å². The lowest BCUT2D eigenvalue weighted by molar-refractivity contribution is 0.392. The van der Waals surface area contributed by atoms with Crippen molar-refractivity contribution >= 4 is 46.2 Å². The predicted molar refractivity (Wildman–Crippen MR) is 142 cm³/mol. The number of thiocarbonyl (C=S) groups is 1. The van der Waals surface area contributed by atoms with E-state index in [0.717, 1.165) is 16.9 Å². The number of furan rings is 1. The van der Waals surface area contributed by atoms with Crippen molar-refractivity contribution in [3.05, 3.63) is 94.4 Å². The maximum absolute atomic E-state index is 6.45. The molecule has 1 aliphatic heterocycles. The zero-order valence-electron chi connectivity index (χ0n) is 18.9. The maximum Gasteiger partial charge on any atom is 0.174 e. The average molecular weight is 526 g/mol. The highest BCUT2D eigenvalue weighted by atomic mass is 35.5. The summed E-state index contributed by atoms with van der Waals surface area (Å²) in [5.41, 5.74) is 2.35. The van der Waals surface area contributed by atoms with Crippen LogP contribution in [-0.2, 0) is 0 Å². The van der Waals surface area contributed by atoms with Crippen LogP contribution in [0.1, 0.15) is 23.5 Å². The van der Waals surface area contributed by atoms with Gasteiger partial charge in [-0.3, -0.25) is 4.98 Å². The third kappa shape index (κ3) is 4.43. The van der Waals surface area contributed by atoms with Crippen molar-refractivity contribution in [2.24, 2.45) is 0 Å². The molecule has 0 bridgehead atoms. The Labute approximate surface area is 218 Å². The van der Waals surface area contributed by atoms with Gasteiger partial charge in [-0.05, 0) is 66.8 Å². The SMILES string of the molecule is COc1ccc(N2C(=S)NC(c3ccccn3)C2c2ccc(-c3ccc(Cl)cc3Cl)o2)c(OC)c1. The van der Waals surface area contributed by atoms with Gasteiger partial charge in [-0.1, -0.05) is 29.3 Å². The van der Waals surface area contributed by atoms with Crippen LogP contribution in [0.4, 0.5) is 5.69 Å². The Hall–Kier alpha value is -3.26. The van der Waals surface area contributed by atoms with Gasteiger partial charge in [-0.25, -0.2) is 0 Å². The molecule has 35 heavy (non-hydrogen) atoms. The molecule has 6 nitrogen and oxygen atoms in total. The second kappa shape index (κ2) is 9.77. The van der Waals surface area contributed by atoms with E-state index in [1.165, 1.54) is 0 Å². The molecule has 0 amide bonds. The molecule has 1 saturated heterocycles. The number of anilines is 1. The summed E-state index contributed by atoms with van der Waals surface area (Å²) >= 11 is 18.3. The summed E-state index contributed by atoms with van der Waals surface area (Å²) in [6.07, 6.45) is 1.76. The predicted octanol–water partition coefficient (Wildman–Crippen LogP) is 6.84. The number of nitrogens with one attached hydrogen (secondary N) is 1. The van der Waals surface area contributed by atoms with Crippen molar-refractivity contribution < 1.29 is 13.9 Å². The van der Waals surface area contributed by atoms with Crippen molar-refractivity contribution in [2.75, 3.05) is 19.1 Å². The Morgan fingerprint density at radius 3 is 2.57 bits per heavy atom. The molecule has 0 saturated carbocycles. The zero-order valence-corrected chi connectivity index (χ0v) is 21.2. The fourth-order valence-corrected chi connectivity index (χ4v) is 5.07. The van der Waals surface area contributed by atoms with E-state index >= 15 is 0 Å². The number of rotatable bonds is 6. The Bertz CT molecular complexity index is 1380. The van der Waals surface area contributed by atoms with E-state index in [0.29, 0.717) is 38.2 Å². The molecule has 178 valence electrons. The molecule has 4 aromatic rings. The Balaban J connectivity index is 1.63. The van der Waals surface area contributed by atoms with Crippen molar-refractivity contribution in [2.45, 2.75) is 12.1 Å². The van der Waals surface area contributed by atoms with Crippen LogP contribution >= 0.6 is 35.4 Å². The summed E-state index contributed by atoms with van der Waals surface area (Å²) in [4.78, 5) is 6.57. The van der Waals surface area contributed by atoms with Crippen LogP contribution in [0.2, 0.25) is 10.0 Å². The monoisotopic (exact) mass is 525 g/mol. The molecular formula is C26H21Cl2N3O3S. The van der Waals surface area contributed by atoms with Gasteiger partial charge in [0.25, 0.3) is 0 Å². The van der Waals surface area contributed by atoms with E-state index in [1.54, 1.807) is 32.5 Å². The first-order valence-corrected chi connectivity index (χ1v) is 11.9. The van der Waals surface area contributed by atoms with Crippen molar-refractivity contribution in [3.8, 4) is 22.8 Å². The van der Waals surface area contributed by atoms with Crippen LogP contribution < -0.4 is 19.7 Å². The molecule has 1 N–H and O–H groups in total. The molecule has 0 radical (unpaired) electrons. The van der Waals surface area contributed by atoms with Crippen molar-refractivity contribution in [1.82, 2.24) is 10.3 Å². The molecule has 0 aliphatic carbocycles. The Kier molecular flexibility index (Phi) is 6.56. The standard InChI is InChI=1S/C26H21Cl2N3O3S/c1-32-16-7-9-20(23(14-16)33-2)31-25(24(30-26(31)35)19-5-3-4-12-29-19)22-11-10-21(34-22)17-8-6-15(27)13-18(17)28/h3-14,24-25H,1-2H3,(H,30,35). The van der Waals surface area contributed by atoms with Crippen LogP contribution in [0.3, 0.4) is 0 Å². The van der Waals surface area contributed by atoms with Crippen LogP contribution in [0.25, 0.3) is 11.3 Å². The van der Waals surface area contributed by atoms with Crippen LogP contribution in [0, 0.1) is 0 Å². The highest BCUT2D eigenvalue weighted by Crippen LogP contribution is 2.46. The number of aromatic nitrogens is 1. The molecule has 0 spiro atoms. The number of pyridine rings is 1. The van der Waals surface area contributed by atoms with Gasteiger partial charge >= 0.3 is 0 Å². The van der Waals surface area contributed by atoms with Crippen molar-refractivity contribution in [3.63, 3.8) is 0 Å². The molecule has 9 heteroatoms. The lowest BCUT2D eigenvalue weighted by Gasteiger charge is -2.27. The van der Waals surface area contributed by atoms with E-state index in [-0.39, 0.29) is 12.1 Å². The first-order chi connectivity index (χ1) is 17.0. The number of ether oxygens (including phenoxy) is 2. The number of hydrogen-bond donors (Lipinski definition) is 1. The Morgan fingerprint density at radius 1 is 1.00 bits per heavy atom. The van der Waals surface area contributed by atoms with Gasteiger partial charge < -0.3 is 24.1 Å². The number of nitrogens with zero attached hydrogens (tertiary/aromatic N) is 2. The molecule has 2 atom stereocenters. The molecule has 1 aliphatic rings. The van der Waals surface area contributed by atoms with Crippen LogP contribution in [0.5, 0.6) is 11.5 Å². The lowest BCUT2D eigenvalue weighted by Crippen LogP contribution is -2.29. The van der Waals surface area contributed by atoms with Gasteiger partial charge in [0.05, 0.1) is 36.7 Å². The summed E-state index contributed by atoms with van der Waals surface area (Å²) in [5, 5.41) is 5.01. The van der Waals surface area contributed by atoms with Gasteiger partial charge in [0.15, 0.2) is 5.11 Å². The minimum atomic E-state index is -0.348. The van der Waals surface area contributed by atoms with Gasteiger partial charge in [0.2, 0.25) is 0 Å². The van der Waals surface area contributed by atoms with Crippen molar-refractivity contribution in [1.29, 1.82) is 0 Å². The first kappa shape index (κ1) is 23.5. The number of hydrogen-bond acceptors (Lipinski definition) is 5. The average Bonchev–Trinajstić information content (AvgIpc) is 3.48. The normalized spacial score (nSPS) is 17.4. The number of halogens is 2. The second-order valence-electron chi connectivity index (χ2n) is 7.86. The third-order valence-electron chi connectivity index (χ3n) is 5.86. The smallest absolute Gasteiger partial charge is 0.174 e. The van der Waals surface area contributed by atoms with Crippen LogP contribution in [-0.4, -0.2) is 24.3 Å². The quantitative estimate of drug-likeness (QED) is 0.276. The fourth-order valence-electron chi connectivity index (χ4n) is 4.23. The van der Waals surface area contributed by atoms with E-state index in [2.05, 4.69) is 10.3 Å². The minimum absolute atomic E-state index is 0.268. The molecule has 3 heterocycles. The minimum Gasteiger partial charge on any atom is -0.497 e. The molecule has 1 fully saturated rings. The van der Waals surface area contributed by atoms with Gasteiger partial charge in [0.1, 0.15) is 29.1 Å². The maximum atomic E-state index is 6.45. The molecule has 2 aromatic heterocycles. The summed E-state index contributed by atoms with van der Waals surface area (Å²) in [5.74, 6) is 2.61. The highest BCUT2D eigenvalue weighted by Gasteiger charge is 2.43. The number of benzene rings is 2. The summed E-state index contributed by atoms with van der Waals surface area (Å²) in [7, 11) is 3.23. The molecular weight excluding hydrogens is 505 g/mol. The summed E-state index contributed by atoms with van der Waals surface area (Å²) in [6, 6.07) is 19.9. The lowest BCUT2D eigenvalue weighted by atomic mass is 10.0. The molecule has 5 rings (SSSR count). The van der Waals surface area contributed by atoms with E-state index in [9.17, 15) is 0 Å². The highest BCUT2D eigenvalue weighted by molar-refractivity contribution is 7.80. The van der Waals surface area contributed by atoms with E-state index in [4.69, 9.17) is 49.3 Å². The first-order valence-electron chi connectivity index (χ1n) is 10.8. The van der Waals surface area contributed by atoms with E-state index in [1.807, 2.05) is 59.5 Å². The van der Waals surface area contributed by atoms with E-state index < -0.39 is 0 Å². The zero-order chi connectivity index (χ0) is 24.5. The fraction of sp³-hybridized carbons (Fsp3) is 0.154.